The zero-order valence-electron chi connectivity index (χ0n) is 75.7. The van der Waals surface area contributed by atoms with Crippen LogP contribution in [0.4, 0.5) is 4.39 Å². The van der Waals surface area contributed by atoms with Crippen LogP contribution in [0, 0.1) is 17.7 Å². The molecule has 0 radical (unpaired) electrons. The van der Waals surface area contributed by atoms with Crippen molar-refractivity contribution in [3.05, 3.63) is 167 Å². The molecule has 36 nitrogen and oxygen atoms in total. The zero-order valence-corrected chi connectivity index (χ0v) is 76.5. The first-order chi connectivity index (χ1) is 63.0. The van der Waals surface area contributed by atoms with Crippen LogP contribution in [0.2, 0.25) is 0 Å². The van der Waals surface area contributed by atoms with Crippen molar-refractivity contribution in [1.82, 2.24) is 77.3 Å². The predicted octanol–water partition coefficient (Wildman–Crippen LogP) is 2.42. The SMILES string of the molecule is CCCC[C@H]1C(=O)N2CCC[C@@H]2C(=O)N[C@@H](CC(=O)O)C(=O)N[C@@H](C(C)C)C(=O)N(C)[C@@H](C(C)CC)C(=O)N[C@@H](Cc2ccc(O)cc2)C(=O)N2CCCC[C@@H]2C(=O)N[C@H](Cc2c[nH]c3ccccc23)C(=O)N[C@@H](Cc2ccc(O)cc2)C(=O)N[C@@H](CCCN)C(=O)N[C@H](C(=O)NCC(N)=O)CSCC(=O)N[C@@H](Cc2ccc(F)cc2)C(=O)N(C)[C@@H](Cc2ccccc2)C(=O)N1C. The van der Waals surface area contributed by atoms with Crippen molar-refractivity contribution >= 4 is 117 Å². The highest BCUT2D eigenvalue weighted by atomic mass is 32.2. The molecule has 0 spiro atoms. The van der Waals surface area contributed by atoms with Gasteiger partial charge in [0.25, 0.3) is 0 Å². The number of likely N-dealkylation sites (N-methyl/N-ethyl adjacent to an activating group) is 3. The summed E-state index contributed by atoms with van der Waals surface area (Å²) in [4.78, 5) is 248. The molecule has 1 aromatic heterocycles. The number of piperidine rings is 1. The predicted molar refractivity (Wildman–Crippen MR) is 489 cm³/mol. The van der Waals surface area contributed by atoms with Crippen LogP contribution >= 0.6 is 11.8 Å². The van der Waals surface area contributed by atoms with Gasteiger partial charge in [0.1, 0.15) is 95.9 Å². The van der Waals surface area contributed by atoms with Crippen molar-refractivity contribution in [2.45, 2.75) is 222 Å². The molecule has 6 aromatic rings. The number of fused-ring (bicyclic) bond motifs is 3. The molecule has 15 amide bonds. The monoisotopic (exact) mass is 1850 g/mol. The van der Waals surface area contributed by atoms with Gasteiger partial charge in [0.15, 0.2) is 0 Å². The van der Waals surface area contributed by atoms with Crippen LogP contribution in [-0.4, -0.2) is 277 Å². The van der Waals surface area contributed by atoms with E-state index in [1.165, 1.54) is 96.5 Å². The first-order valence-electron chi connectivity index (χ1n) is 44.8. The van der Waals surface area contributed by atoms with Crippen LogP contribution in [0.25, 0.3) is 10.9 Å². The van der Waals surface area contributed by atoms with Gasteiger partial charge >= 0.3 is 5.97 Å². The Kier molecular flexibility index (Phi) is 38.4. The van der Waals surface area contributed by atoms with Gasteiger partial charge in [-0.15, -0.1) is 11.8 Å². The van der Waals surface area contributed by atoms with E-state index in [1.807, 2.05) is 6.92 Å². The van der Waals surface area contributed by atoms with Crippen LogP contribution in [0.5, 0.6) is 11.5 Å². The van der Waals surface area contributed by atoms with E-state index in [9.17, 15) is 53.3 Å². The van der Waals surface area contributed by atoms with Gasteiger partial charge in [-0.05, 0) is 140 Å². The second kappa shape index (κ2) is 49.3. The smallest absolute Gasteiger partial charge is 0.305 e. The van der Waals surface area contributed by atoms with Gasteiger partial charge in [-0.2, -0.15) is 0 Å². The lowest BCUT2D eigenvalue weighted by Crippen LogP contribution is -2.63. The lowest BCUT2D eigenvalue weighted by Gasteiger charge is -2.39. The van der Waals surface area contributed by atoms with Crippen LogP contribution in [-0.2, 0) is 109 Å². The van der Waals surface area contributed by atoms with Gasteiger partial charge in [0, 0.05) is 89.2 Å². The molecule has 5 aromatic carbocycles. The Labute approximate surface area is 770 Å². The molecule has 0 bridgehead atoms. The number of thioether (sulfide) groups is 1. The van der Waals surface area contributed by atoms with Crippen molar-refractivity contribution in [3.8, 4) is 11.5 Å². The summed E-state index contributed by atoms with van der Waals surface area (Å²) in [6.07, 6.45) is 1.40. The van der Waals surface area contributed by atoms with Gasteiger partial charge in [-0.25, -0.2) is 4.39 Å². The summed E-state index contributed by atoms with van der Waals surface area (Å²) >= 11 is 0.779. The number of hydrogen-bond acceptors (Lipinski definition) is 20. The first kappa shape index (κ1) is 103. The number of phenolic OH excluding ortho intramolecular Hbond substituents is 2. The molecule has 3 aliphatic heterocycles. The maximum Gasteiger partial charge on any atom is 0.305 e. The number of H-pyrrole nitrogens is 1. The number of carboxylic acid groups (broad SMARTS) is 1. The minimum Gasteiger partial charge on any atom is -0.508 e. The van der Waals surface area contributed by atoms with Gasteiger partial charge in [0.2, 0.25) is 88.6 Å². The molecule has 1 unspecified atom stereocenters. The number of nitrogens with zero attached hydrogens (tertiary/aromatic N) is 5. The quantitative estimate of drug-likeness (QED) is 0.0414. The van der Waals surface area contributed by atoms with Crippen LogP contribution in [0.15, 0.2) is 134 Å². The molecule has 9 rings (SSSR count). The second-order valence-electron chi connectivity index (χ2n) is 34.4. The Morgan fingerprint density at radius 3 is 1.63 bits per heavy atom. The van der Waals surface area contributed by atoms with Gasteiger partial charge in [0.05, 0.1) is 18.7 Å². The maximum atomic E-state index is 15.8. The molecule has 38 heteroatoms. The van der Waals surface area contributed by atoms with Gasteiger partial charge < -0.3 is 104 Å². The summed E-state index contributed by atoms with van der Waals surface area (Å²) in [5.74, 6) is -18.3. The minimum atomic E-state index is -1.89. The number of phenols is 2. The number of carbonyl (C=O) groups is 16. The third-order valence-electron chi connectivity index (χ3n) is 24.3. The number of aromatic nitrogens is 1. The van der Waals surface area contributed by atoms with E-state index in [0.29, 0.717) is 64.4 Å². The van der Waals surface area contributed by atoms with E-state index in [-0.39, 0.29) is 108 Å². The third-order valence-corrected chi connectivity index (χ3v) is 25.4. The molecule has 14 atom stereocenters. The van der Waals surface area contributed by atoms with Crippen LogP contribution in [0.3, 0.4) is 0 Å². The highest BCUT2D eigenvalue weighted by Gasteiger charge is 2.47. The fraction of sp³-hybridized carbons (Fsp3) is 0.489. The number of carboxylic acids is 1. The molecular weight excluding hydrogens is 1720 g/mol. The number of aliphatic carboxylic acids is 1. The van der Waals surface area contributed by atoms with E-state index >= 15 is 43.2 Å². The molecule has 3 aliphatic rings. The zero-order chi connectivity index (χ0) is 96.2. The molecular formula is C94H124FN17O19S. The fourth-order valence-electron chi connectivity index (χ4n) is 16.7. The molecule has 3 saturated heterocycles. The summed E-state index contributed by atoms with van der Waals surface area (Å²) in [6, 6.07) is 12.4. The Morgan fingerprint density at radius 1 is 0.515 bits per heavy atom. The molecule has 712 valence electrons. The second-order valence-corrected chi connectivity index (χ2v) is 35.4. The summed E-state index contributed by atoms with van der Waals surface area (Å²) in [7, 11) is 4.03. The number of unbranched alkanes of at least 4 members (excludes halogenated alkanes) is 1. The number of aromatic hydroxyl groups is 2. The number of nitrogens with two attached hydrogens (primary N) is 2. The summed E-state index contributed by atoms with van der Waals surface area (Å²) in [5.41, 5.74) is 14.4. The van der Waals surface area contributed by atoms with Crippen molar-refractivity contribution in [2.75, 3.05) is 58.8 Å². The van der Waals surface area contributed by atoms with E-state index in [1.54, 1.807) is 88.5 Å². The third kappa shape index (κ3) is 28.5. The Morgan fingerprint density at radius 2 is 1.03 bits per heavy atom. The number of aromatic amines is 1. The Bertz CT molecular complexity index is 5050. The minimum absolute atomic E-state index is 0.0104. The van der Waals surface area contributed by atoms with E-state index < -0.39 is 215 Å². The Hall–Kier alpha value is -13.0. The lowest BCUT2D eigenvalue weighted by atomic mass is 9.93. The number of para-hydroxylation sites is 1. The van der Waals surface area contributed by atoms with Crippen molar-refractivity contribution in [3.63, 3.8) is 0 Å². The van der Waals surface area contributed by atoms with E-state index in [4.69, 9.17) is 11.5 Å². The lowest BCUT2D eigenvalue weighted by molar-refractivity contribution is -0.152. The molecule has 3 fully saturated rings. The maximum absolute atomic E-state index is 15.8. The van der Waals surface area contributed by atoms with Crippen molar-refractivity contribution < 1.29 is 96.4 Å². The summed E-state index contributed by atoms with van der Waals surface area (Å²) < 4.78 is 14.6. The number of primary amides is 1. The fourth-order valence-corrected chi connectivity index (χ4v) is 17.6. The average molecular weight is 1850 g/mol. The number of hydrogen-bond donors (Lipinski definition) is 15. The number of amides is 15. The molecule has 132 heavy (non-hydrogen) atoms. The first-order valence-corrected chi connectivity index (χ1v) is 45.9. The Balaban J connectivity index is 1.13. The highest BCUT2D eigenvalue weighted by Crippen LogP contribution is 2.29. The normalized spacial score (nSPS) is 24.0. The van der Waals surface area contributed by atoms with Gasteiger partial charge in [-0.1, -0.05) is 139 Å². The average Bonchev–Trinajstić information content (AvgIpc) is 1.38. The van der Waals surface area contributed by atoms with Crippen LogP contribution < -0.4 is 59.3 Å². The van der Waals surface area contributed by atoms with Crippen LogP contribution in [0.1, 0.15) is 139 Å². The van der Waals surface area contributed by atoms with E-state index in [0.717, 1.165) is 33.7 Å². The number of benzene rings is 5. The topological polar surface area (TPSA) is 526 Å². The van der Waals surface area contributed by atoms with E-state index in [2.05, 4.69) is 52.8 Å². The van der Waals surface area contributed by atoms with Crippen molar-refractivity contribution in [1.29, 1.82) is 0 Å². The largest absolute Gasteiger partial charge is 0.508 e. The molecule has 0 aliphatic carbocycles. The van der Waals surface area contributed by atoms with Crippen molar-refractivity contribution in [2.24, 2.45) is 23.3 Å². The molecule has 0 saturated carbocycles. The molecule has 17 N–H and O–H groups in total. The van der Waals surface area contributed by atoms with Gasteiger partial charge in [-0.3, -0.25) is 76.7 Å². The number of halogens is 1. The standard InChI is InChI=1S/C94H124FN17O19S/c1-9-11-26-75-93(130)112-43-20-28-74(112)88(125)104-69(49-79(117)118)86(123)107-80(54(3)4)94(131)110(8)81(55(5)10-2)89(126)105-71(46-59-33-39-63(114)40-34-59)91(128)111-42-18-17-27-73(111)87(124)103-68(48-60-50-98-65-24-16-15-23-64(60)65)85(122)102-67(44-58-31-37-62(113)38-32-58)84(121)101-66(25-19-41-96)83(120)106-72(82(119)99-51-77(97)115)52-132-53-78(116)100-70(45-57-29-35-61(95)36-30-57)90(127)109(7)76(92(129)108(75)6)47-56-21-13-12-14-22-56/h12-16,21-24,29-40,50,54-55,66-76,80-81,98,113-114H,9-11,17-20,25-28,41-49,51-53,96H2,1-8H3,(H2,97,115)(H,99,119)(H,100,116)(H,101,121)(H,102,122)(H,103,124)(H,104,125)(H,105,126)(H,106,120)(H,107,123)(H,117,118)/t55?,66-,67-,68+,69-,70-,71-,72-,73+,74+,75-,76-,80-,81-/m0/s1. The highest BCUT2D eigenvalue weighted by molar-refractivity contribution is 8.00. The number of carbonyl (C=O) groups excluding carboxylic acids is 15. The summed E-state index contributed by atoms with van der Waals surface area (Å²) in [5, 5.41) is 56.1. The molecule has 4 heterocycles. The number of nitrogens with one attached hydrogen (secondary N) is 10. The summed E-state index contributed by atoms with van der Waals surface area (Å²) in [6.45, 7) is 7.62. The number of rotatable bonds is 24.